The van der Waals surface area contributed by atoms with Crippen LogP contribution in [0.4, 0.5) is 0 Å². The summed E-state index contributed by atoms with van der Waals surface area (Å²) in [6.45, 7) is 5.71. The SMILES string of the molecule is CC(C)(C)C(=O)OCC1C2CC3C1OS(=O)(=O)C3C2. The van der Waals surface area contributed by atoms with Gasteiger partial charge >= 0.3 is 5.97 Å². The Hall–Kier alpha value is -0.620. The number of carbonyl (C=O) groups is 1. The minimum atomic E-state index is -3.37. The zero-order valence-corrected chi connectivity index (χ0v) is 12.3. The van der Waals surface area contributed by atoms with E-state index in [1.165, 1.54) is 0 Å². The lowest BCUT2D eigenvalue weighted by molar-refractivity contribution is -0.155. The molecule has 5 unspecified atom stereocenters. The molecule has 108 valence electrons. The molecule has 0 aromatic heterocycles. The van der Waals surface area contributed by atoms with E-state index in [0.29, 0.717) is 12.3 Å². The summed E-state index contributed by atoms with van der Waals surface area (Å²) in [4.78, 5) is 11.8. The van der Waals surface area contributed by atoms with Crippen LogP contribution in [0.2, 0.25) is 0 Å². The number of ether oxygens (including phenoxy) is 1. The van der Waals surface area contributed by atoms with E-state index in [1.54, 1.807) is 0 Å². The lowest BCUT2D eigenvalue weighted by Crippen LogP contribution is -2.34. The monoisotopic (exact) mass is 288 g/mol. The molecule has 0 N–H and O–H groups in total. The van der Waals surface area contributed by atoms with E-state index in [-0.39, 0.29) is 35.8 Å². The first-order valence-electron chi connectivity index (χ1n) is 6.79. The molecule has 19 heavy (non-hydrogen) atoms. The lowest BCUT2D eigenvalue weighted by atomic mass is 9.86. The van der Waals surface area contributed by atoms with Gasteiger partial charge in [-0.25, -0.2) is 0 Å². The van der Waals surface area contributed by atoms with Crippen molar-refractivity contribution in [2.75, 3.05) is 6.61 Å². The van der Waals surface area contributed by atoms with E-state index in [0.717, 1.165) is 6.42 Å². The van der Waals surface area contributed by atoms with Gasteiger partial charge < -0.3 is 4.74 Å². The molecule has 3 fully saturated rings. The van der Waals surface area contributed by atoms with E-state index in [1.807, 2.05) is 20.8 Å². The van der Waals surface area contributed by atoms with Crippen LogP contribution in [0.5, 0.6) is 0 Å². The molecule has 0 radical (unpaired) electrons. The summed E-state index contributed by atoms with van der Waals surface area (Å²) in [5.74, 6) is 0.246. The number of hydrogen-bond donors (Lipinski definition) is 0. The van der Waals surface area contributed by atoms with E-state index < -0.39 is 15.5 Å². The zero-order valence-electron chi connectivity index (χ0n) is 11.5. The Kier molecular flexibility index (Phi) is 2.78. The molecule has 3 aliphatic rings. The fourth-order valence-electron chi connectivity index (χ4n) is 3.67. The third kappa shape index (κ3) is 2.00. The van der Waals surface area contributed by atoms with Gasteiger partial charge in [0, 0.05) is 11.8 Å². The maximum atomic E-state index is 11.8. The van der Waals surface area contributed by atoms with Crippen molar-refractivity contribution in [2.24, 2.45) is 23.2 Å². The topological polar surface area (TPSA) is 69.7 Å². The van der Waals surface area contributed by atoms with Crippen LogP contribution in [-0.2, 0) is 23.8 Å². The van der Waals surface area contributed by atoms with Crippen molar-refractivity contribution < 1.29 is 22.1 Å². The molecular formula is C13H20O5S. The molecule has 2 bridgehead atoms. The van der Waals surface area contributed by atoms with Crippen LogP contribution in [-0.4, -0.2) is 32.3 Å². The summed E-state index contributed by atoms with van der Waals surface area (Å²) in [6, 6.07) is 0. The Morgan fingerprint density at radius 2 is 2.00 bits per heavy atom. The van der Waals surface area contributed by atoms with Crippen LogP contribution in [0.3, 0.4) is 0 Å². The number of carbonyl (C=O) groups excluding carboxylic acids is 1. The Morgan fingerprint density at radius 3 is 2.63 bits per heavy atom. The molecule has 1 heterocycles. The summed E-state index contributed by atoms with van der Waals surface area (Å²) in [7, 11) is -3.37. The first-order valence-corrected chi connectivity index (χ1v) is 8.26. The highest BCUT2D eigenvalue weighted by atomic mass is 32.2. The van der Waals surface area contributed by atoms with Crippen molar-refractivity contribution in [1.29, 1.82) is 0 Å². The number of rotatable bonds is 2. The van der Waals surface area contributed by atoms with Gasteiger partial charge in [0.2, 0.25) is 0 Å². The molecule has 6 heteroatoms. The second-order valence-corrected chi connectivity index (χ2v) is 8.78. The average Bonchev–Trinajstić information content (AvgIpc) is 2.86. The standard InChI is InChI=1S/C13H20O5S/c1-13(2,3)12(14)17-6-9-7-4-8-10(5-7)19(15,16)18-11(8)9/h7-11H,4-6H2,1-3H3. The van der Waals surface area contributed by atoms with Gasteiger partial charge in [-0.15, -0.1) is 0 Å². The lowest BCUT2D eigenvalue weighted by Gasteiger charge is -2.26. The van der Waals surface area contributed by atoms with Crippen molar-refractivity contribution in [2.45, 2.75) is 45.0 Å². The summed E-state index contributed by atoms with van der Waals surface area (Å²) < 4.78 is 34.2. The molecule has 0 aromatic carbocycles. The predicted molar refractivity (Wildman–Crippen MR) is 67.7 cm³/mol. The second-order valence-electron chi connectivity index (χ2n) is 7.00. The first kappa shape index (κ1) is 13.4. The summed E-state index contributed by atoms with van der Waals surface area (Å²) >= 11 is 0. The molecule has 2 aliphatic carbocycles. The Morgan fingerprint density at radius 1 is 1.32 bits per heavy atom. The maximum Gasteiger partial charge on any atom is 0.311 e. The highest BCUT2D eigenvalue weighted by Crippen LogP contribution is 2.57. The number of hydrogen-bond acceptors (Lipinski definition) is 5. The van der Waals surface area contributed by atoms with Gasteiger partial charge in [0.25, 0.3) is 10.1 Å². The highest BCUT2D eigenvalue weighted by molar-refractivity contribution is 7.87. The van der Waals surface area contributed by atoms with Gasteiger partial charge in [0.05, 0.1) is 23.4 Å². The minimum Gasteiger partial charge on any atom is -0.465 e. The minimum absolute atomic E-state index is 0.0461. The van der Waals surface area contributed by atoms with Crippen molar-refractivity contribution in [3.8, 4) is 0 Å². The summed E-state index contributed by atoms with van der Waals surface area (Å²) in [6.07, 6.45) is 1.30. The normalized spacial score (nSPS) is 42.6. The Balaban J connectivity index is 1.68. The smallest absolute Gasteiger partial charge is 0.311 e. The van der Waals surface area contributed by atoms with Crippen molar-refractivity contribution in [1.82, 2.24) is 0 Å². The van der Waals surface area contributed by atoms with Gasteiger partial charge in [-0.05, 0) is 39.5 Å². The van der Waals surface area contributed by atoms with Gasteiger partial charge in [-0.2, -0.15) is 8.42 Å². The van der Waals surface area contributed by atoms with Crippen LogP contribution in [0.15, 0.2) is 0 Å². The zero-order chi connectivity index (χ0) is 14.0. The highest BCUT2D eigenvalue weighted by Gasteiger charge is 2.64. The molecular weight excluding hydrogens is 268 g/mol. The fraction of sp³-hybridized carbons (Fsp3) is 0.923. The van der Waals surface area contributed by atoms with Crippen molar-refractivity contribution >= 4 is 16.1 Å². The molecule has 3 rings (SSSR count). The average molecular weight is 288 g/mol. The molecule has 5 nitrogen and oxygen atoms in total. The number of esters is 1. The third-order valence-electron chi connectivity index (χ3n) is 4.67. The fourth-order valence-corrected chi connectivity index (χ4v) is 5.59. The van der Waals surface area contributed by atoms with E-state index >= 15 is 0 Å². The van der Waals surface area contributed by atoms with Crippen LogP contribution < -0.4 is 0 Å². The van der Waals surface area contributed by atoms with Gasteiger partial charge in [-0.1, -0.05) is 0 Å². The van der Waals surface area contributed by atoms with E-state index in [4.69, 9.17) is 8.92 Å². The van der Waals surface area contributed by atoms with Crippen LogP contribution in [0.25, 0.3) is 0 Å². The van der Waals surface area contributed by atoms with E-state index in [2.05, 4.69) is 0 Å². The van der Waals surface area contributed by atoms with Crippen LogP contribution >= 0.6 is 0 Å². The van der Waals surface area contributed by atoms with Gasteiger partial charge in [0.1, 0.15) is 0 Å². The molecule has 0 spiro atoms. The molecule has 1 saturated heterocycles. The summed E-state index contributed by atoms with van der Waals surface area (Å²) in [5.41, 5.74) is -0.525. The molecule has 2 saturated carbocycles. The van der Waals surface area contributed by atoms with Crippen molar-refractivity contribution in [3.63, 3.8) is 0 Å². The maximum absolute atomic E-state index is 11.8. The van der Waals surface area contributed by atoms with Gasteiger partial charge in [-0.3, -0.25) is 8.98 Å². The van der Waals surface area contributed by atoms with E-state index in [9.17, 15) is 13.2 Å². The first-order chi connectivity index (χ1) is 8.70. The Bertz CT molecular complexity index is 504. The second kappa shape index (κ2) is 3.95. The molecule has 0 amide bonds. The molecule has 0 aromatic rings. The summed E-state index contributed by atoms with van der Waals surface area (Å²) in [5, 5.41) is -0.308. The largest absolute Gasteiger partial charge is 0.465 e. The van der Waals surface area contributed by atoms with Crippen LogP contribution in [0.1, 0.15) is 33.6 Å². The molecule has 5 atom stereocenters. The predicted octanol–water partition coefficient (Wildman–Crippen LogP) is 1.33. The van der Waals surface area contributed by atoms with Crippen LogP contribution in [0, 0.1) is 23.2 Å². The van der Waals surface area contributed by atoms with Gasteiger partial charge in [0.15, 0.2) is 0 Å². The number of fused-ring (bicyclic) bond motifs is 1. The van der Waals surface area contributed by atoms with Crippen molar-refractivity contribution in [3.05, 3.63) is 0 Å². The quantitative estimate of drug-likeness (QED) is 0.566. The molecule has 1 aliphatic heterocycles. The Labute approximate surface area is 113 Å². The third-order valence-corrected chi connectivity index (χ3v) is 6.45.